The van der Waals surface area contributed by atoms with E-state index in [1.54, 1.807) is 19.1 Å². The predicted octanol–water partition coefficient (Wildman–Crippen LogP) is 3.29. The first-order valence-electron chi connectivity index (χ1n) is 6.97. The van der Waals surface area contributed by atoms with Crippen LogP contribution < -0.4 is 10.0 Å². The Morgan fingerprint density at radius 2 is 1.79 bits per heavy atom. The van der Waals surface area contributed by atoms with E-state index in [-0.39, 0.29) is 14.9 Å². The zero-order valence-electron chi connectivity index (χ0n) is 13.1. The van der Waals surface area contributed by atoms with Crippen molar-refractivity contribution in [3.05, 3.63) is 57.6 Å². The number of amides is 1. The monoisotopic (exact) mass is 386 g/mol. The molecule has 8 heteroatoms. The van der Waals surface area contributed by atoms with Gasteiger partial charge in [0.1, 0.15) is 6.54 Å². The highest BCUT2D eigenvalue weighted by atomic mass is 35.5. The van der Waals surface area contributed by atoms with Gasteiger partial charge in [0.25, 0.3) is 10.0 Å². The first-order chi connectivity index (χ1) is 11.1. The molecule has 0 aliphatic rings. The fourth-order valence-corrected chi connectivity index (χ4v) is 4.09. The maximum absolute atomic E-state index is 13.0. The first kappa shape index (κ1) is 18.6. The molecule has 0 radical (unpaired) electrons. The summed E-state index contributed by atoms with van der Waals surface area (Å²) >= 11 is 11.8. The Balaban J connectivity index is 2.64. The summed E-state index contributed by atoms with van der Waals surface area (Å²) < 4.78 is 27.0. The van der Waals surface area contributed by atoms with E-state index >= 15 is 0 Å². The molecule has 0 aliphatic carbocycles. The Kier molecular flexibility index (Phi) is 5.42. The Morgan fingerprint density at radius 3 is 2.38 bits per heavy atom. The van der Waals surface area contributed by atoms with Gasteiger partial charge in [-0.3, -0.25) is 9.10 Å². The van der Waals surface area contributed by atoms with Gasteiger partial charge < -0.3 is 5.73 Å². The zero-order chi connectivity index (χ0) is 18.1. The van der Waals surface area contributed by atoms with E-state index in [1.807, 2.05) is 13.0 Å². The lowest BCUT2D eigenvalue weighted by molar-refractivity contribution is -0.116. The van der Waals surface area contributed by atoms with Crippen LogP contribution in [-0.2, 0) is 14.8 Å². The normalized spacial score (nSPS) is 11.3. The van der Waals surface area contributed by atoms with Crippen LogP contribution in [0.15, 0.2) is 41.3 Å². The number of nitrogens with two attached hydrogens (primary N) is 1. The Hall–Kier alpha value is -1.76. The van der Waals surface area contributed by atoms with E-state index in [9.17, 15) is 13.2 Å². The van der Waals surface area contributed by atoms with Gasteiger partial charge in [0.2, 0.25) is 5.91 Å². The van der Waals surface area contributed by atoms with Crippen molar-refractivity contribution in [1.82, 2.24) is 0 Å². The van der Waals surface area contributed by atoms with Crippen LogP contribution in [0.1, 0.15) is 11.1 Å². The van der Waals surface area contributed by atoms with Crippen molar-refractivity contribution in [3.63, 3.8) is 0 Å². The molecule has 0 bridgehead atoms. The number of halogens is 2. The molecule has 24 heavy (non-hydrogen) atoms. The standard InChI is InChI=1S/C16H16Cl2N2O3S/c1-10-4-3-5-15(11(10)2)20(9-16(19)21)24(22,23)12-6-7-13(17)14(18)8-12/h3-8H,9H2,1-2H3,(H2,19,21). The van der Waals surface area contributed by atoms with Gasteiger partial charge in [-0.05, 0) is 49.2 Å². The van der Waals surface area contributed by atoms with Crippen LogP contribution in [0.3, 0.4) is 0 Å². The summed E-state index contributed by atoms with van der Waals surface area (Å²) in [4.78, 5) is 11.4. The van der Waals surface area contributed by atoms with Gasteiger partial charge >= 0.3 is 0 Å². The van der Waals surface area contributed by atoms with Crippen LogP contribution in [-0.4, -0.2) is 20.9 Å². The highest BCUT2D eigenvalue weighted by Crippen LogP contribution is 2.31. The van der Waals surface area contributed by atoms with Crippen LogP contribution in [0.5, 0.6) is 0 Å². The minimum atomic E-state index is -4.04. The molecule has 0 atom stereocenters. The lowest BCUT2D eigenvalue weighted by Gasteiger charge is -2.25. The van der Waals surface area contributed by atoms with Crippen LogP contribution in [0.25, 0.3) is 0 Å². The lowest BCUT2D eigenvalue weighted by atomic mass is 10.1. The summed E-state index contributed by atoms with van der Waals surface area (Å²) in [7, 11) is -4.04. The van der Waals surface area contributed by atoms with Gasteiger partial charge in [0.05, 0.1) is 20.6 Å². The van der Waals surface area contributed by atoms with Crippen molar-refractivity contribution < 1.29 is 13.2 Å². The minimum absolute atomic E-state index is 0.0703. The summed E-state index contributed by atoms with van der Waals surface area (Å²) in [6, 6.07) is 9.17. The van der Waals surface area contributed by atoms with Gasteiger partial charge in [-0.15, -0.1) is 0 Å². The molecule has 0 saturated heterocycles. The molecule has 0 spiro atoms. The highest BCUT2D eigenvalue weighted by Gasteiger charge is 2.28. The summed E-state index contributed by atoms with van der Waals surface area (Å²) in [5, 5.41) is 0.349. The van der Waals surface area contributed by atoms with Crippen molar-refractivity contribution >= 4 is 44.8 Å². The smallest absolute Gasteiger partial charge is 0.264 e. The van der Waals surface area contributed by atoms with Crippen LogP contribution in [0.4, 0.5) is 5.69 Å². The minimum Gasteiger partial charge on any atom is -0.368 e. The summed E-state index contributed by atoms with van der Waals surface area (Å²) in [6.07, 6.45) is 0. The van der Waals surface area contributed by atoms with Crippen molar-refractivity contribution in [2.24, 2.45) is 5.73 Å². The third kappa shape index (κ3) is 3.66. The fraction of sp³-hybridized carbons (Fsp3) is 0.188. The molecule has 2 rings (SSSR count). The number of carbonyl (C=O) groups is 1. The molecule has 2 N–H and O–H groups in total. The molecule has 0 heterocycles. The quantitative estimate of drug-likeness (QED) is 0.855. The second-order valence-electron chi connectivity index (χ2n) is 5.27. The summed E-state index contributed by atoms with van der Waals surface area (Å²) in [5.41, 5.74) is 7.28. The number of hydrogen-bond acceptors (Lipinski definition) is 3. The molecular weight excluding hydrogens is 371 g/mol. The third-order valence-electron chi connectivity index (χ3n) is 3.62. The molecule has 0 unspecified atom stereocenters. The largest absolute Gasteiger partial charge is 0.368 e. The number of sulfonamides is 1. The molecule has 128 valence electrons. The molecule has 0 fully saturated rings. The topological polar surface area (TPSA) is 80.5 Å². The molecule has 0 saturated carbocycles. The number of carbonyl (C=O) groups excluding carboxylic acids is 1. The Morgan fingerprint density at radius 1 is 1.12 bits per heavy atom. The number of aryl methyl sites for hydroxylation is 1. The van der Waals surface area contributed by atoms with Gasteiger partial charge in [0, 0.05) is 0 Å². The number of rotatable bonds is 5. The maximum Gasteiger partial charge on any atom is 0.264 e. The number of hydrogen-bond donors (Lipinski definition) is 1. The van der Waals surface area contributed by atoms with Gasteiger partial charge in [-0.25, -0.2) is 8.42 Å². The molecule has 1 amide bonds. The Labute approximate surface area is 151 Å². The third-order valence-corrected chi connectivity index (χ3v) is 6.12. The van der Waals surface area contributed by atoms with Crippen LogP contribution >= 0.6 is 23.2 Å². The van der Waals surface area contributed by atoms with Gasteiger partial charge in [-0.1, -0.05) is 35.3 Å². The molecule has 2 aromatic carbocycles. The first-order valence-corrected chi connectivity index (χ1v) is 9.16. The second-order valence-corrected chi connectivity index (χ2v) is 7.95. The van der Waals surface area contributed by atoms with E-state index in [0.717, 1.165) is 15.4 Å². The van der Waals surface area contributed by atoms with Crippen LogP contribution in [0, 0.1) is 13.8 Å². The number of anilines is 1. The SMILES string of the molecule is Cc1cccc(N(CC(N)=O)S(=O)(=O)c2ccc(Cl)c(Cl)c2)c1C. The van der Waals surface area contributed by atoms with Crippen molar-refractivity contribution in [3.8, 4) is 0 Å². The van der Waals surface area contributed by atoms with Gasteiger partial charge in [-0.2, -0.15) is 0 Å². The van der Waals surface area contributed by atoms with E-state index in [1.165, 1.54) is 18.2 Å². The predicted molar refractivity (Wildman–Crippen MR) is 96.1 cm³/mol. The van der Waals surface area contributed by atoms with E-state index < -0.39 is 22.5 Å². The van der Waals surface area contributed by atoms with E-state index in [2.05, 4.69) is 0 Å². The van der Waals surface area contributed by atoms with Crippen molar-refractivity contribution in [2.45, 2.75) is 18.7 Å². The van der Waals surface area contributed by atoms with Crippen molar-refractivity contribution in [1.29, 1.82) is 0 Å². The van der Waals surface area contributed by atoms with Gasteiger partial charge in [0.15, 0.2) is 0 Å². The average molecular weight is 387 g/mol. The zero-order valence-corrected chi connectivity index (χ0v) is 15.4. The average Bonchev–Trinajstić information content (AvgIpc) is 2.50. The number of benzene rings is 2. The number of primary amides is 1. The molecular formula is C16H16Cl2N2O3S. The number of nitrogens with zero attached hydrogens (tertiary/aromatic N) is 1. The molecule has 0 aliphatic heterocycles. The summed E-state index contributed by atoms with van der Waals surface area (Å²) in [6.45, 7) is 3.16. The lowest BCUT2D eigenvalue weighted by Crippen LogP contribution is -2.39. The highest BCUT2D eigenvalue weighted by molar-refractivity contribution is 7.92. The summed E-state index contributed by atoms with van der Waals surface area (Å²) in [5.74, 6) is -0.764. The van der Waals surface area contributed by atoms with Crippen LogP contribution in [0.2, 0.25) is 10.0 Å². The van der Waals surface area contributed by atoms with Crippen molar-refractivity contribution in [2.75, 3.05) is 10.8 Å². The fourth-order valence-electron chi connectivity index (χ4n) is 2.21. The van der Waals surface area contributed by atoms with E-state index in [4.69, 9.17) is 28.9 Å². The molecule has 0 aromatic heterocycles. The Bertz CT molecular complexity index is 898. The molecule has 5 nitrogen and oxygen atoms in total. The second kappa shape index (κ2) is 7.01. The van der Waals surface area contributed by atoms with E-state index in [0.29, 0.717) is 5.69 Å². The molecule has 2 aromatic rings. The maximum atomic E-state index is 13.0.